The molecule has 0 aliphatic rings. The number of hydrogen-bond donors (Lipinski definition) is 1. The van der Waals surface area contributed by atoms with Crippen LogP contribution in [0, 0.1) is 0 Å². The molecule has 0 aliphatic heterocycles. The molecule has 2 unspecified atom stereocenters. The van der Waals surface area contributed by atoms with Crippen LogP contribution in [0.15, 0.2) is 36.4 Å². The summed E-state index contributed by atoms with van der Waals surface area (Å²) < 4.78 is 0.609. The van der Waals surface area contributed by atoms with Gasteiger partial charge in [0.05, 0.1) is 0 Å². The maximum absolute atomic E-state index is 6.05. The number of rotatable bonds is 2. The van der Waals surface area contributed by atoms with E-state index in [1.807, 2.05) is 0 Å². The molecule has 2 aromatic rings. The van der Waals surface area contributed by atoms with E-state index in [0.717, 1.165) is 0 Å². The van der Waals surface area contributed by atoms with Crippen LogP contribution in [0.2, 0.25) is 0 Å². The molecule has 0 saturated carbocycles. The molecule has 0 aromatic heterocycles. The van der Waals surface area contributed by atoms with Crippen LogP contribution in [0.1, 0.15) is 35.0 Å². The van der Waals surface area contributed by atoms with Gasteiger partial charge in [-0.2, -0.15) is 0 Å². The Balaban J connectivity index is 0.00000144. The van der Waals surface area contributed by atoms with Gasteiger partial charge in [0.1, 0.15) is 0 Å². The fraction of sp³-hybridized carbons (Fsp3) is 0.286. The second-order valence-electron chi connectivity index (χ2n) is 4.34. The quantitative estimate of drug-likeness (QED) is 0.774. The standard InChI is InChI=1S/C14H16N.2ClH.Sn/c1-3-11-8-12-6-4-5-7-13(12)9-14(11)10(2)15;;;/h3-10H,15H2,1-2H3;2*1H;. The Morgan fingerprint density at radius 1 is 0.944 bits per heavy atom. The minimum absolute atomic E-state index is 0. The monoisotopic (exact) mass is 390 g/mol. The zero-order valence-electron chi connectivity index (χ0n) is 10.5. The molecule has 0 aliphatic carbocycles. The first kappa shape index (κ1) is 18.0. The minimum Gasteiger partial charge on any atom is -0.147 e. The van der Waals surface area contributed by atoms with Gasteiger partial charge < -0.3 is 0 Å². The molecule has 0 fully saturated rings. The predicted molar refractivity (Wildman–Crippen MR) is 85.2 cm³/mol. The van der Waals surface area contributed by atoms with Crippen molar-refractivity contribution in [2.75, 3.05) is 0 Å². The third-order valence-electron chi connectivity index (χ3n) is 2.91. The number of hydrogen-bond acceptors (Lipinski definition) is 1. The fourth-order valence-electron chi connectivity index (χ4n) is 2.04. The molecule has 18 heavy (non-hydrogen) atoms. The number of nitrogens with two attached hydrogens (primary N) is 1. The van der Waals surface area contributed by atoms with E-state index in [1.54, 1.807) is 0 Å². The Bertz CT molecular complexity index is 466. The summed E-state index contributed by atoms with van der Waals surface area (Å²) in [5, 5.41) is 2.60. The van der Waals surface area contributed by atoms with Gasteiger partial charge in [-0.25, -0.2) is 0 Å². The van der Waals surface area contributed by atoms with Gasteiger partial charge >= 0.3 is 110 Å². The van der Waals surface area contributed by atoms with E-state index in [0.29, 0.717) is 3.93 Å². The van der Waals surface area contributed by atoms with E-state index >= 15 is 0 Å². The van der Waals surface area contributed by atoms with Crippen molar-refractivity contribution in [3.63, 3.8) is 0 Å². The Kier molecular flexibility index (Phi) is 7.60. The van der Waals surface area contributed by atoms with Gasteiger partial charge in [0.2, 0.25) is 0 Å². The van der Waals surface area contributed by atoms with Crippen LogP contribution < -0.4 is 5.73 Å². The molecule has 0 amide bonds. The summed E-state index contributed by atoms with van der Waals surface area (Å²) in [6, 6.07) is 13.1. The minimum atomic E-state index is 0. The number of halogens is 2. The van der Waals surface area contributed by atoms with Crippen LogP contribution in [0.4, 0.5) is 0 Å². The fourth-order valence-corrected chi connectivity index (χ4v) is 2.76. The van der Waals surface area contributed by atoms with Gasteiger partial charge in [0.15, 0.2) is 0 Å². The maximum Gasteiger partial charge on any atom is -0.147 e. The molecule has 97 valence electrons. The van der Waals surface area contributed by atoms with Crippen molar-refractivity contribution >= 4 is 58.1 Å². The summed E-state index contributed by atoms with van der Waals surface area (Å²) in [4.78, 5) is 0. The van der Waals surface area contributed by atoms with E-state index in [1.165, 1.54) is 44.4 Å². The van der Waals surface area contributed by atoms with E-state index in [-0.39, 0.29) is 30.9 Å². The molecule has 1 nitrogen and oxygen atoms in total. The van der Waals surface area contributed by atoms with E-state index < -0.39 is 0 Å². The molecule has 2 aromatic carbocycles. The number of fused-ring (bicyclic) bond motifs is 1. The first-order valence-electron chi connectivity index (χ1n) is 5.59. The molecule has 2 atom stereocenters. The van der Waals surface area contributed by atoms with Crippen molar-refractivity contribution in [2.24, 2.45) is 5.73 Å². The van der Waals surface area contributed by atoms with Crippen molar-refractivity contribution in [3.05, 3.63) is 47.5 Å². The van der Waals surface area contributed by atoms with Crippen LogP contribution >= 0.6 is 24.8 Å². The summed E-state index contributed by atoms with van der Waals surface area (Å²) in [5.41, 5.74) is 8.76. The first-order valence-corrected chi connectivity index (χ1v) is 7.23. The van der Waals surface area contributed by atoms with Crippen molar-refractivity contribution in [1.82, 2.24) is 0 Å². The van der Waals surface area contributed by atoms with Gasteiger partial charge in [0.25, 0.3) is 0 Å². The summed E-state index contributed by atoms with van der Waals surface area (Å²) in [7, 11) is 0. The Morgan fingerprint density at radius 3 is 1.78 bits per heavy atom. The predicted octanol–water partition coefficient (Wildman–Crippen LogP) is 3.93. The third kappa shape index (κ3) is 3.77. The van der Waals surface area contributed by atoms with Gasteiger partial charge in [-0.3, -0.25) is 0 Å². The molecule has 0 spiro atoms. The molecule has 4 heteroatoms. The van der Waals surface area contributed by atoms with Gasteiger partial charge in [-0.15, -0.1) is 24.8 Å². The molecule has 0 heterocycles. The largest absolute Gasteiger partial charge is 0.147 e. The molecule has 3 radical (unpaired) electrons. The SMILES string of the molecule is CC(N)c1cc2ccccc2cc1[CH](C)[Sn].Cl.Cl. The topological polar surface area (TPSA) is 26.0 Å². The smallest absolute Gasteiger partial charge is 0.147 e. The molecule has 2 N–H and O–H groups in total. The second kappa shape index (κ2) is 7.58. The molecule has 0 saturated heterocycles. The van der Waals surface area contributed by atoms with Crippen LogP contribution in [0.3, 0.4) is 0 Å². The molecule has 0 bridgehead atoms. The van der Waals surface area contributed by atoms with Gasteiger partial charge in [0, 0.05) is 0 Å². The van der Waals surface area contributed by atoms with Crippen molar-refractivity contribution in [2.45, 2.75) is 23.8 Å². The Hall–Kier alpha value is 0.0387. The summed E-state index contributed by atoms with van der Waals surface area (Å²) in [5.74, 6) is 0. The zero-order chi connectivity index (χ0) is 11.7. The van der Waals surface area contributed by atoms with Crippen molar-refractivity contribution < 1.29 is 0 Å². The van der Waals surface area contributed by atoms with Crippen LogP contribution in [-0.4, -0.2) is 22.5 Å². The average Bonchev–Trinajstić information content (AvgIpc) is 2.27. The van der Waals surface area contributed by atoms with Crippen LogP contribution in [-0.2, 0) is 0 Å². The summed E-state index contributed by atoms with van der Waals surface area (Å²) in [6.07, 6.45) is 0. The third-order valence-corrected chi connectivity index (χ3v) is 3.80. The van der Waals surface area contributed by atoms with Crippen LogP contribution in [0.25, 0.3) is 10.8 Å². The second-order valence-corrected chi connectivity index (χ2v) is 6.81. The van der Waals surface area contributed by atoms with E-state index in [4.69, 9.17) is 5.73 Å². The van der Waals surface area contributed by atoms with Crippen molar-refractivity contribution in [1.29, 1.82) is 0 Å². The van der Waals surface area contributed by atoms with E-state index in [9.17, 15) is 0 Å². The zero-order valence-corrected chi connectivity index (χ0v) is 15.0. The van der Waals surface area contributed by atoms with Gasteiger partial charge in [-0.05, 0) is 0 Å². The summed E-state index contributed by atoms with van der Waals surface area (Å²) >= 11 is 1.54. The van der Waals surface area contributed by atoms with E-state index in [2.05, 4.69) is 50.2 Å². The number of benzene rings is 2. The van der Waals surface area contributed by atoms with Crippen molar-refractivity contribution in [3.8, 4) is 0 Å². The normalized spacial score (nSPS) is 13.3. The molecule has 2 rings (SSSR count). The molecular weight excluding hydrogens is 372 g/mol. The molecular formula is C14H18Cl2NSn. The average molecular weight is 390 g/mol. The first-order chi connectivity index (χ1) is 7.59. The maximum atomic E-state index is 6.05. The Morgan fingerprint density at radius 2 is 1.39 bits per heavy atom. The van der Waals surface area contributed by atoms with Gasteiger partial charge in [-0.1, -0.05) is 0 Å². The summed E-state index contributed by atoms with van der Waals surface area (Å²) in [6.45, 7) is 4.32. The van der Waals surface area contributed by atoms with Crippen LogP contribution in [0.5, 0.6) is 0 Å². The Labute approximate surface area is 134 Å².